The molecule has 7 nitrogen and oxygen atoms in total. The van der Waals surface area contributed by atoms with Crippen molar-refractivity contribution in [2.45, 2.75) is 32.6 Å². The van der Waals surface area contributed by atoms with Gasteiger partial charge in [-0.3, -0.25) is 4.79 Å². The second-order valence-electron chi connectivity index (χ2n) is 7.91. The van der Waals surface area contributed by atoms with Crippen LogP contribution < -0.4 is 10.1 Å². The number of benzene rings is 1. The zero-order valence-electron chi connectivity index (χ0n) is 17.7. The third-order valence-electron chi connectivity index (χ3n) is 4.60. The molecule has 29 heavy (non-hydrogen) atoms. The van der Waals surface area contributed by atoms with Crippen LogP contribution in [0.15, 0.2) is 36.4 Å². The van der Waals surface area contributed by atoms with Crippen molar-refractivity contribution in [3.8, 4) is 17.0 Å². The van der Waals surface area contributed by atoms with Gasteiger partial charge < -0.3 is 14.8 Å². The summed E-state index contributed by atoms with van der Waals surface area (Å²) in [5, 5.41) is 7.60. The Kier molecular flexibility index (Phi) is 6.17. The Labute approximate surface area is 171 Å². The molecule has 0 aliphatic rings. The molecule has 2 heterocycles. The van der Waals surface area contributed by atoms with Gasteiger partial charge in [-0.2, -0.15) is 5.10 Å². The molecule has 2 aromatic heterocycles. The van der Waals surface area contributed by atoms with Crippen LogP contribution in [-0.4, -0.2) is 47.9 Å². The zero-order valence-corrected chi connectivity index (χ0v) is 17.7. The van der Waals surface area contributed by atoms with E-state index in [1.165, 1.54) is 0 Å². The third-order valence-corrected chi connectivity index (χ3v) is 4.60. The minimum absolute atomic E-state index is 0.157. The molecule has 0 unspecified atom stereocenters. The normalized spacial score (nSPS) is 11.6. The highest BCUT2D eigenvalue weighted by Crippen LogP contribution is 2.26. The molecule has 154 valence electrons. The number of nitrogens with zero attached hydrogens (tertiary/aromatic N) is 3. The summed E-state index contributed by atoms with van der Waals surface area (Å²) in [6, 6.07) is 11.3. The minimum Gasteiger partial charge on any atom is -0.497 e. The van der Waals surface area contributed by atoms with Gasteiger partial charge in [-0.05, 0) is 24.6 Å². The van der Waals surface area contributed by atoms with Gasteiger partial charge in [0.2, 0.25) is 0 Å². The lowest BCUT2D eigenvalue weighted by atomic mass is 9.93. The van der Waals surface area contributed by atoms with Gasteiger partial charge in [0.1, 0.15) is 11.4 Å². The van der Waals surface area contributed by atoms with E-state index in [0.29, 0.717) is 30.2 Å². The van der Waals surface area contributed by atoms with Crippen molar-refractivity contribution in [3.05, 3.63) is 47.8 Å². The van der Waals surface area contributed by atoms with Gasteiger partial charge >= 0.3 is 0 Å². The quantitative estimate of drug-likeness (QED) is 0.619. The largest absolute Gasteiger partial charge is 0.497 e. The molecule has 0 saturated carbocycles. The monoisotopic (exact) mass is 396 g/mol. The van der Waals surface area contributed by atoms with E-state index in [9.17, 15) is 4.79 Å². The summed E-state index contributed by atoms with van der Waals surface area (Å²) >= 11 is 0. The Hall–Kier alpha value is -2.93. The summed E-state index contributed by atoms with van der Waals surface area (Å²) < 4.78 is 12.0. The number of fused-ring (bicyclic) bond motifs is 1. The summed E-state index contributed by atoms with van der Waals surface area (Å²) in [6.45, 7) is 7.38. The highest BCUT2D eigenvalue weighted by atomic mass is 16.5. The molecule has 7 heteroatoms. The second kappa shape index (κ2) is 8.61. The third kappa shape index (κ3) is 4.74. The van der Waals surface area contributed by atoms with Crippen molar-refractivity contribution in [1.82, 2.24) is 19.9 Å². The molecule has 0 atom stereocenters. The second-order valence-corrected chi connectivity index (χ2v) is 7.91. The van der Waals surface area contributed by atoms with Crippen molar-refractivity contribution in [1.29, 1.82) is 0 Å². The van der Waals surface area contributed by atoms with Gasteiger partial charge in [-0.25, -0.2) is 9.50 Å². The average molecular weight is 396 g/mol. The van der Waals surface area contributed by atoms with Crippen molar-refractivity contribution in [3.63, 3.8) is 0 Å². The van der Waals surface area contributed by atoms with Gasteiger partial charge in [0.25, 0.3) is 5.91 Å². The van der Waals surface area contributed by atoms with E-state index >= 15 is 0 Å². The smallest absolute Gasteiger partial charge is 0.270 e. The molecule has 0 bridgehead atoms. The Balaban J connectivity index is 2.07. The molecule has 3 rings (SSSR count). The predicted octanol–water partition coefficient (Wildman–Crippen LogP) is 3.47. The number of hydrogen-bond acceptors (Lipinski definition) is 5. The van der Waals surface area contributed by atoms with E-state index < -0.39 is 0 Å². The molecular weight excluding hydrogens is 368 g/mol. The van der Waals surface area contributed by atoms with E-state index in [2.05, 4.69) is 31.2 Å². The molecule has 0 fully saturated rings. The maximum atomic E-state index is 12.9. The number of hydrogen-bond donors (Lipinski definition) is 1. The van der Waals surface area contributed by atoms with Crippen LogP contribution >= 0.6 is 0 Å². The molecule has 0 aliphatic carbocycles. The van der Waals surface area contributed by atoms with Gasteiger partial charge in [0, 0.05) is 37.3 Å². The van der Waals surface area contributed by atoms with E-state index in [-0.39, 0.29) is 11.3 Å². The minimum atomic E-state index is -0.193. The van der Waals surface area contributed by atoms with Crippen LogP contribution in [0.2, 0.25) is 0 Å². The van der Waals surface area contributed by atoms with Crippen molar-refractivity contribution >= 4 is 11.6 Å². The summed E-state index contributed by atoms with van der Waals surface area (Å²) in [5.41, 5.74) is 3.37. The highest BCUT2D eigenvalue weighted by molar-refractivity contribution is 5.94. The number of carbonyl (C=O) groups is 1. The summed E-state index contributed by atoms with van der Waals surface area (Å²) in [6.07, 6.45) is 0.742. The lowest BCUT2D eigenvalue weighted by Gasteiger charge is -2.13. The van der Waals surface area contributed by atoms with Gasteiger partial charge in [-0.15, -0.1) is 0 Å². The zero-order chi connectivity index (χ0) is 21.0. The van der Waals surface area contributed by atoms with Gasteiger partial charge in [0.05, 0.1) is 18.5 Å². The standard InChI is InChI=1S/C22H28N4O3/c1-22(2,3)19-14-20-24-17(15-8-6-9-16(12-15)29-5)13-18(26(20)25-19)21(27)23-10-7-11-28-4/h6,8-9,12-14H,7,10-11H2,1-5H3,(H,23,27). The van der Waals surface area contributed by atoms with Gasteiger partial charge in [0.15, 0.2) is 5.65 Å². The molecule has 0 aliphatic heterocycles. The predicted molar refractivity (Wildman–Crippen MR) is 113 cm³/mol. The number of aromatic nitrogens is 3. The van der Waals surface area contributed by atoms with Crippen molar-refractivity contribution < 1.29 is 14.3 Å². The topological polar surface area (TPSA) is 77.8 Å². The van der Waals surface area contributed by atoms with Crippen LogP contribution in [0.3, 0.4) is 0 Å². The Morgan fingerprint density at radius 2 is 1.97 bits per heavy atom. The lowest BCUT2D eigenvalue weighted by Crippen LogP contribution is -2.27. The van der Waals surface area contributed by atoms with E-state index in [4.69, 9.17) is 14.5 Å². The SMILES string of the molecule is COCCCNC(=O)c1cc(-c2cccc(OC)c2)nc2cc(C(C)(C)C)nn12. The highest BCUT2D eigenvalue weighted by Gasteiger charge is 2.22. The lowest BCUT2D eigenvalue weighted by molar-refractivity contribution is 0.0941. The fraction of sp³-hybridized carbons (Fsp3) is 0.409. The number of amides is 1. The Morgan fingerprint density at radius 3 is 2.66 bits per heavy atom. The Morgan fingerprint density at radius 1 is 1.17 bits per heavy atom. The van der Waals surface area contributed by atoms with Crippen LogP contribution in [0.4, 0.5) is 0 Å². The number of nitrogens with one attached hydrogen (secondary N) is 1. The molecule has 0 spiro atoms. The van der Waals surface area contributed by atoms with Crippen LogP contribution in [0.1, 0.15) is 43.4 Å². The fourth-order valence-corrected chi connectivity index (χ4v) is 2.94. The number of carbonyl (C=O) groups excluding carboxylic acids is 1. The van der Waals surface area contributed by atoms with E-state index in [1.54, 1.807) is 24.8 Å². The maximum absolute atomic E-state index is 12.9. The van der Waals surface area contributed by atoms with E-state index in [1.807, 2.05) is 30.3 Å². The number of methoxy groups -OCH3 is 2. The summed E-state index contributed by atoms with van der Waals surface area (Å²) in [5.74, 6) is 0.542. The van der Waals surface area contributed by atoms with Crippen LogP contribution in [0.5, 0.6) is 5.75 Å². The Bertz CT molecular complexity index is 1000. The molecular formula is C22H28N4O3. The first kappa shape index (κ1) is 20.8. The van der Waals surface area contributed by atoms with Crippen molar-refractivity contribution in [2.24, 2.45) is 0 Å². The first-order valence-corrected chi connectivity index (χ1v) is 9.66. The first-order chi connectivity index (χ1) is 13.8. The van der Waals surface area contributed by atoms with Gasteiger partial charge in [-0.1, -0.05) is 32.9 Å². The average Bonchev–Trinajstić information content (AvgIpc) is 3.15. The van der Waals surface area contributed by atoms with Crippen LogP contribution in [0.25, 0.3) is 16.9 Å². The molecule has 3 aromatic rings. The maximum Gasteiger partial charge on any atom is 0.270 e. The number of ether oxygens (including phenoxy) is 2. The summed E-state index contributed by atoms with van der Waals surface area (Å²) in [7, 11) is 3.27. The van der Waals surface area contributed by atoms with Crippen molar-refractivity contribution in [2.75, 3.05) is 27.4 Å². The van der Waals surface area contributed by atoms with E-state index in [0.717, 1.165) is 23.4 Å². The summed E-state index contributed by atoms with van der Waals surface area (Å²) in [4.78, 5) is 17.7. The van der Waals surface area contributed by atoms with Crippen LogP contribution in [0, 0.1) is 0 Å². The number of rotatable bonds is 7. The fourth-order valence-electron chi connectivity index (χ4n) is 2.94. The molecule has 1 aromatic carbocycles. The van der Waals surface area contributed by atoms with Crippen LogP contribution in [-0.2, 0) is 10.2 Å². The molecule has 0 saturated heterocycles. The molecule has 1 N–H and O–H groups in total. The first-order valence-electron chi connectivity index (χ1n) is 9.66. The molecule has 0 radical (unpaired) electrons. The molecule has 1 amide bonds.